The lowest BCUT2D eigenvalue weighted by Crippen LogP contribution is -2.41. The highest BCUT2D eigenvalue weighted by Gasteiger charge is 2.38. The first-order valence-electron chi connectivity index (χ1n) is 4.42. The van der Waals surface area contributed by atoms with Gasteiger partial charge in [-0.3, -0.25) is 0 Å². The Bertz CT molecular complexity index is 307. The van der Waals surface area contributed by atoms with Crippen LogP contribution in [0.3, 0.4) is 0 Å². The summed E-state index contributed by atoms with van der Waals surface area (Å²) in [4.78, 5) is 0. The van der Waals surface area contributed by atoms with E-state index in [0.717, 1.165) is 4.47 Å². The van der Waals surface area contributed by atoms with Crippen LogP contribution in [-0.2, 0) is 6.42 Å². The number of nitrogens with one attached hydrogen (secondary N) is 1. The van der Waals surface area contributed by atoms with Crippen LogP contribution >= 0.6 is 15.9 Å². The number of alkyl halides is 3. The molecule has 0 aromatic heterocycles. The molecule has 84 valence electrons. The fraction of sp³-hybridized carbons (Fsp3) is 0.400. The summed E-state index contributed by atoms with van der Waals surface area (Å²) in [6.07, 6.45) is -4.25. The molecule has 0 bridgehead atoms. The summed E-state index contributed by atoms with van der Waals surface area (Å²) in [7, 11) is 1.32. The molecular formula is C10H11BrF3N. The van der Waals surface area contributed by atoms with Crippen molar-refractivity contribution in [2.24, 2.45) is 0 Å². The van der Waals surface area contributed by atoms with Gasteiger partial charge in [-0.1, -0.05) is 28.1 Å². The van der Waals surface area contributed by atoms with Gasteiger partial charge in [0, 0.05) is 4.47 Å². The molecule has 0 fully saturated rings. The molecule has 0 saturated carbocycles. The van der Waals surface area contributed by atoms with Crippen molar-refractivity contribution in [2.45, 2.75) is 18.6 Å². The van der Waals surface area contributed by atoms with Crippen LogP contribution in [0.15, 0.2) is 28.7 Å². The Balaban J connectivity index is 2.71. The van der Waals surface area contributed by atoms with Crippen molar-refractivity contribution < 1.29 is 13.2 Å². The topological polar surface area (TPSA) is 12.0 Å². The van der Waals surface area contributed by atoms with Crippen molar-refractivity contribution >= 4 is 15.9 Å². The minimum absolute atomic E-state index is 0.0483. The Kier molecular flexibility index (Phi) is 4.16. The average Bonchev–Trinajstić information content (AvgIpc) is 2.15. The molecule has 5 heteroatoms. The summed E-state index contributed by atoms with van der Waals surface area (Å²) in [6, 6.07) is 5.34. The highest BCUT2D eigenvalue weighted by molar-refractivity contribution is 9.10. The quantitative estimate of drug-likeness (QED) is 0.898. The summed E-state index contributed by atoms with van der Waals surface area (Å²) in [5, 5.41) is 2.27. The number of hydrogen-bond acceptors (Lipinski definition) is 1. The Morgan fingerprint density at radius 2 is 1.80 bits per heavy atom. The smallest absolute Gasteiger partial charge is 0.309 e. The van der Waals surface area contributed by atoms with Gasteiger partial charge in [0.05, 0.1) is 0 Å². The van der Waals surface area contributed by atoms with Crippen LogP contribution in [0, 0.1) is 0 Å². The van der Waals surface area contributed by atoms with Gasteiger partial charge in [-0.05, 0) is 31.2 Å². The molecule has 1 atom stereocenters. The van der Waals surface area contributed by atoms with Gasteiger partial charge in [-0.2, -0.15) is 13.2 Å². The van der Waals surface area contributed by atoms with Crippen LogP contribution in [0.5, 0.6) is 0 Å². The fourth-order valence-corrected chi connectivity index (χ4v) is 1.50. The summed E-state index contributed by atoms with van der Waals surface area (Å²) < 4.78 is 38.1. The first-order chi connectivity index (χ1) is 6.93. The molecule has 1 unspecified atom stereocenters. The Labute approximate surface area is 94.8 Å². The van der Waals surface area contributed by atoms with Gasteiger partial charge < -0.3 is 5.32 Å². The van der Waals surface area contributed by atoms with Gasteiger partial charge in [0.15, 0.2) is 0 Å². The molecule has 0 saturated heterocycles. The van der Waals surface area contributed by atoms with Crippen LogP contribution in [-0.4, -0.2) is 19.3 Å². The summed E-state index contributed by atoms with van der Waals surface area (Å²) in [5.41, 5.74) is 0.662. The largest absolute Gasteiger partial charge is 0.404 e. The zero-order valence-corrected chi connectivity index (χ0v) is 9.69. The molecule has 0 aliphatic rings. The van der Waals surface area contributed by atoms with Gasteiger partial charge >= 0.3 is 6.18 Å². The van der Waals surface area contributed by atoms with Crippen LogP contribution in [0.1, 0.15) is 5.56 Å². The molecule has 0 aliphatic heterocycles. The first kappa shape index (κ1) is 12.5. The summed E-state index contributed by atoms with van der Waals surface area (Å²) >= 11 is 3.23. The van der Waals surface area contributed by atoms with E-state index in [1.165, 1.54) is 7.05 Å². The average molecular weight is 282 g/mol. The van der Waals surface area contributed by atoms with E-state index in [1.807, 2.05) is 0 Å². The Morgan fingerprint density at radius 1 is 1.27 bits per heavy atom. The molecule has 1 aromatic rings. The molecule has 1 aromatic carbocycles. The molecule has 1 rings (SSSR count). The number of rotatable bonds is 3. The predicted molar refractivity (Wildman–Crippen MR) is 56.7 cm³/mol. The SMILES string of the molecule is CNC(Cc1ccc(Br)cc1)C(F)(F)F. The van der Waals surface area contributed by atoms with Crippen LogP contribution in [0.2, 0.25) is 0 Å². The molecule has 0 heterocycles. The zero-order chi connectivity index (χ0) is 11.5. The second kappa shape index (κ2) is 4.99. The first-order valence-corrected chi connectivity index (χ1v) is 5.21. The van der Waals surface area contributed by atoms with E-state index in [9.17, 15) is 13.2 Å². The minimum atomic E-state index is -4.21. The number of likely N-dealkylation sites (N-methyl/N-ethyl adjacent to an activating group) is 1. The lowest BCUT2D eigenvalue weighted by molar-refractivity contribution is -0.154. The second-order valence-electron chi connectivity index (χ2n) is 3.21. The Hall–Kier alpha value is -0.550. The van der Waals surface area contributed by atoms with Gasteiger partial charge in [-0.15, -0.1) is 0 Å². The monoisotopic (exact) mass is 281 g/mol. The van der Waals surface area contributed by atoms with E-state index in [1.54, 1.807) is 24.3 Å². The predicted octanol–water partition coefficient (Wildman–Crippen LogP) is 3.14. The minimum Gasteiger partial charge on any atom is -0.309 e. The number of halogens is 4. The maximum atomic E-state index is 12.4. The van der Waals surface area contributed by atoms with Crippen molar-refractivity contribution in [1.82, 2.24) is 5.32 Å². The van der Waals surface area contributed by atoms with Crippen molar-refractivity contribution in [2.75, 3.05) is 7.05 Å². The van der Waals surface area contributed by atoms with Crippen LogP contribution < -0.4 is 5.32 Å². The lowest BCUT2D eigenvalue weighted by atomic mass is 10.1. The van der Waals surface area contributed by atoms with E-state index in [4.69, 9.17) is 0 Å². The molecular weight excluding hydrogens is 271 g/mol. The van der Waals surface area contributed by atoms with E-state index < -0.39 is 12.2 Å². The van der Waals surface area contributed by atoms with Crippen LogP contribution in [0.4, 0.5) is 13.2 Å². The zero-order valence-electron chi connectivity index (χ0n) is 8.11. The van der Waals surface area contributed by atoms with E-state index >= 15 is 0 Å². The normalized spacial score (nSPS) is 13.9. The van der Waals surface area contributed by atoms with E-state index in [-0.39, 0.29) is 6.42 Å². The summed E-state index contributed by atoms with van der Waals surface area (Å²) in [5.74, 6) is 0. The standard InChI is InChI=1S/C10H11BrF3N/c1-15-9(10(12,13)14)6-7-2-4-8(11)5-3-7/h2-5,9,15H,6H2,1H3. The highest BCUT2D eigenvalue weighted by Crippen LogP contribution is 2.23. The van der Waals surface area contributed by atoms with Crippen LogP contribution in [0.25, 0.3) is 0 Å². The maximum Gasteiger partial charge on any atom is 0.404 e. The number of hydrogen-bond donors (Lipinski definition) is 1. The van der Waals surface area contributed by atoms with Crippen molar-refractivity contribution in [3.8, 4) is 0 Å². The lowest BCUT2D eigenvalue weighted by Gasteiger charge is -2.19. The van der Waals surface area contributed by atoms with Crippen molar-refractivity contribution in [3.05, 3.63) is 34.3 Å². The third-order valence-corrected chi connectivity index (χ3v) is 2.63. The van der Waals surface area contributed by atoms with Gasteiger partial charge in [0.25, 0.3) is 0 Å². The molecule has 0 radical (unpaired) electrons. The fourth-order valence-electron chi connectivity index (χ4n) is 1.24. The van der Waals surface area contributed by atoms with Crippen molar-refractivity contribution in [1.29, 1.82) is 0 Å². The van der Waals surface area contributed by atoms with Crippen molar-refractivity contribution in [3.63, 3.8) is 0 Å². The molecule has 1 nitrogen and oxygen atoms in total. The number of benzene rings is 1. The molecule has 1 N–H and O–H groups in total. The highest BCUT2D eigenvalue weighted by atomic mass is 79.9. The van der Waals surface area contributed by atoms with E-state index in [2.05, 4.69) is 21.2 Å². The van der Waals surface area contributed by atoms with Gasteiger partial charge in [0.1, 0.15) is 6.04 Å². The third kappa shape index (κ3) is 3.83. The third-order valence-electron chi connectivity index (χ3n) is 2.10. The molecule has 0 spiro atoms. The van der Waals surface area contributed by atoms with E-state index in [0.29, 0.717) is 5.56 Å². The maximum absolute atomic E-state index is 12.4. The Morgan fingerprint density at radius 3 is 2.20 bits per heavy atom. The summed E-state index contributed by atoms with van der Waals surface area (Å²) in [6.45, 7) is 0. The van der Waals surface area contributed by atoms with Gasteiger partial charge in [-0.25, -0.2) is 0 Å². The second-order valence-corrected chi connectivity index (χ2v) is 4.13. The van der Waals surface area contributed by atoms with Gasteiger partial charge in [0.2, 0.25) is 0 Å². The molecule has 0 amide bonds. The molecule has 0 aliphatic carbocycles. The molecule has 15 heavy (non-hydrogen) atoms.